The van der Waals surface area contributed by atoms with E-state index in [1.54, 1.807) is 7.11 Å². The largest absolute Gasteiger partial charge is 0.497 e. The SMILES string of the molecule is CCCCCCCN(CCC)Cc1ccc(OC)cc1. The van der Waals surface area contributed by atoms with Crippen LogP contribution in [-0.4, -0.2) is 25.1 Å². The van der Waals surface area contributed by atoms with Gasteiger partial charge in [0, 0.05) is 6.54 Å². The molecule has 2 heteroatoms. The minimum Gasteiger partial charge on any atom is -0.497 e. The molecule has 0 atom stereocenters. The lowest BCUT2D eigenvalue weighted by atomic mass is 10.1. The van der Waals surface area contributed by atoms with E-state index < -0.39 is 0 Å². The summed E-state index contributed by atoms with van der Waals surface area (Å²) in [5, 5.41) is 0. The van der Waals surface area contributed by atoms with Crippen molar-refractivity contribution in [2.75, 3.05) is 20.2 Å². The number of methoxy groups -OCH3 is 1. The Bertz CT molecular complexity index is 334. The van der Waals surface area contributed by atoms with Crippen LogP contribution in [0.3, 0.4) is 0 Å². The van der Waals surface area contributed by atoms with Crippen LogP contribution in [0, 0.1) is 0 Å². The predicted molar refractivity (Wildman–Crippen MR) is 87.3 cm³/mol. The molecule has 0 aliphatic heterocycles. The lowest BCUT2D eigenvalue weighted by molar-refractivity contribution is 0.259. The number of hydrogen-bond donors (Lipinski definition) is 0. The van der Waals surface area contributed by atoms with Gasteiger partial charge in [-0.05, 0) is 43.6 Å². The van der Waals surface area contributed by atoms with Crippen molar-refractivity contribution in [3.8, 4) is 5.75 Å². The Balaban J connectivity index is 2.36. The Labute approximate surface area is 125 Å². The van der Waals surface area contributed by atoms with E-state index in [1.165, 1.54) is 57.2 Å². The topological polar surface area (TPSA) is 12.5 Å². The van der Waals surface area contributed by atoms with Gasteiger partial charge in [-0.3, -0.25) is 4.90 Å². The van der Waals surface area contributed by atoms with Crippen LogP contribution in [0.5, 0.6) is 5.75 Å². The van der Waals surface area contributed by atoms with Gasteiger partial charge in [0.25, 0.3) is 0 Å². The Morgan fingerprint density at radius 2 is 1.55 bits per heavy atom. The van der Waals surface area contributed by atoms with E-state index >= 15 is 0 Å². The van der Waals surface area contributed by atoms with Gasteiger partial charge < -0.3 is 4.74 Å². The van der Waals surface area contributed by atoms with Gasteiger partial charge in [-0.2, -0.15) is 0 Å². The standard InChI is InChI=1S/C18H31NO/c1-4-6-7-8-9-15-19(14-5-2)16-17-10-12-18(20-3)13-11-17/h10-13H,4-9,14-16H2,1-3H3. The minimum atomic E-state index is 0.940. The fourth-order valence-electron chi connectivity index (χ4n) is 2.51. The zero-order valence-electron chi connectivity index (χ0n) is 13.5. The number of ether oxygens (including phenoxy) is 1. The molecule has 0 unspecified atom stereocenters. The third-order valence-corrected chi connectivity index (χ3v) is 3.68. The van der Waals surface area contributed by atoms with Gasteiger partial charge in [-0.1, -0.05) is 51.7 Å². The summed E-state index contributed by atoms with van der Waals surface area (Å²) in [7, 11) is 1.72. The van der Waals surface area contributed by atoms with Crippen LogP contribution >= 0.6 is 0 Å². The maximum atomic E-state index is 5.21. The summed E-state index contributed by atoms with van der Waals surface area (Å²) in [6.07, 6.45) is 8.02. The summed E-state index contributed by atoms with van der Waals surface area (Å²) in [6, 6.07) is 8.47. The first-order chi connectivity index (χ1) is 9.80. The lowest BCUT2D eigenvalue weighted by Crippen LogP contribution is -2.25. The van der Waals surface area contributed by atoms with Crippen molar-refractivity contribution < 1.29 is 4.74 Å². The molecule has 0 bridgehead atoms. The number of hydrogen-bond acceptors (Lipinski definition) is 2. The van der Waals surface area contributed by atoms with E-state index in [4.69, 9.17) is 4.74 Å². The molecule has 0 amide bonds. The van der Waals surface area contributed by atoms with Gasteiger partial charge in [0.2, 0.25) is 0 Å². The van der Waals surface area contributed by atoms with Gasteiger partial charge >= 0.3 is 0 Å². The van der Waals surface area contributed by atoms with Crippen LogP contribution in [0.2, 0.25) is 0 Å². The van der Waals surface area contributed by atoms with E-state index in [9.17, 15) is 0 Å². The predicted octanol–water partition coefficient (Wildman–Crippen LogP) is 4.88. The molecule has 0 aliphatic rings. The third-order valence-electron chi connectivity index (χ3n) is 3.68. The van der Waals surface area contributed by atoms with Crippen LogP contribution in [0.25, 0.3) is 0 Å². The highest BCUT2D eigenvalue weighted by atomic mass is 16.5. The molecular formula is C18H31NO. The first-order valence-corrected chi connectivity index (χ1v) is 8.15. The Hall–Kier alpha value is -1.02. The van der Waals surface area contributed by atoms with Crippen LogP contribution in [0.1, 0.15) is 57.9 Å². The molecule has 0 saturated heterocycles. The molecule has 0 aliphatic carbocycles. The van der Waals surface area contributed by atoms with Gasteiger partial charge in [-0.15, -0.1) is 0 Å². The highest BCUT2D eigenvalue weighted by Crippen LogP contribution is 2.14. The smallest absolute Gasteiger partial charge is 0.118 e. The molecule has 0 heterocycles. The number of nitrogens with zero attached hydrogens (tertiary/aromatic N) is 1. The van der Waals surface area contributed by atoms with Crippen LogP contribution in [0.4, 0.5) is 0 Å². The number of benzene rings is 1. The van der Waals surface area contributed by atoms with Crippen molar-refractivity contribution >= 4 is 0 Å². The van der Waals surface area contributed by atoms with E-state index in [0.717, 1.165) is 12.3 Å². The Morgan fingerprint density at radius 1 is 0.850 bits per heavy atom. The van der Waals surface area contributed by atoms with Gasteiger partial charge in [0.1, 0.15) is 5.75 Å². The second kappa shape index (κ2) is 10.7. The molecule has 0 N–H and O–H groups in total. The Kier molecular flexibility index (Phi) is 9.14. The summed E-state index contributed by atoms with van der Waals surface area (Å²) in [6.45, 7) is 8.01. The summed E-state index contributed by atoms with van der Waals surface area (Å²) in [4.78, 5) is 2.58. The van der Waals surface area contributed by atoms with Crippen molar-refractivity contribution in [1.82, 2.24) is 4.90 Å². The molecule has 0 radical (unpaired) electrons. The van der Waals surface area contributed by atoms with Crippen LogP contribution in [-0.2, 0) is 6.54 Å². The first kappa shape index (κ1) is 17.0. The molecule has 0 aromatic heterocycles. The second-order valence-corrected chi connectivity index (χ2v) is 5.54. The van der Waals surface area contributed by atoms with E-state index in [2.05, 4.69) is 43.0 Å². The van der Waals surface area contributed by atoms with Crippen molar-refractivity contribution in [3.63, 3.8) is 0 Å². The molecule has 1 aromatic rings. The maximum absolute atomic E-state index is 5.21. The van der Waals surface area contributed by atoms with Crippen molar-refractivity contribution in [3.05, 3.63) is 29.8 Å². The first-order valence-electron chi connectivity index (χ1n) is 8.15. The van der Waals surface area contributed by atoms with Gasteiger partial charge in [0.15, 0.2) is 0 Å². The lowest BCUT2D eigenvalue weighted by Gasteiger charge is -2.22. The Morgan fingerprint density at radius 3 is 2.15 bits per heavy atom. The molecule has 114 valence electrons. The zero-order chi connectivity index (χ0) is 14.6. The molecule has 0 fully saturated rings. The average Bonchev–Trinajstić information content (AvgIpc) is 2.48. The highest BCUT2D eigenvalue weighted by Gasteiger charge is 2.05. The fourth-order valence-corrected chi connectivity index (χ4v) is 2.51. The number of unbranched alkanes of at least 4 members (excludes halogenated alkanes) is 4. The molecule has 20 heavy (non-hydrogen) atoms. The van der Waals surface area contributed by atoms with Gasteiger partial charge in [0.05, 0.1) is 7.11 Å². The molecular weight excluding hydrogens is 246 g/mol. The molecule has 2 nitrogen and oxygen atoms in total. The highest BCUT2D eigenvalue weighted by molar-refractivity contribution is 5.27. The van der Waals surface area contributed by atoms with Crippen LogP contribution < -0.4 is 4.74 Å². The van der Waals surface area contributed by atoms with E-state index in [-0.39, 0.29) is 0 Å². The monoisotopic (exact) mass is 277 g/mol. The van der Waals surface area contributed by atoms with Gasteiger partial charge in [-0.25, -0.2) is 0 Å². The quantitative estimate of drug-likeness (QED) is 0.535. The van der Waals surface area contributed by atoms with Crippen molar-refractivity contribution in [2.24, 2.45) is 0 Å². The van der Waals surface area contributed by atoms with E-state index in [1.807, 2.05) is 0 Å². The molecule has 0 saturated carbocycles. The summed E-state index contributed by atoms with van der Waals surface area (Å²) in [5.41, 5.74) is 1.38. The molecule has 0 spiro atoms. The average molecular weight is 277 g/mol. The third kappa shape index (κ3) is 6.95. The zero-order valence-corrected chi connectivity index (χ0v) is 13.5. The summed E-state index contributed by atoms with van der Waals surface area (Å²) in [5.74, 6) is 0.940. The number of rotatable bonds is 11. The minimum absolute atomic E-state index is 0.940. The van der Waals surface area contributed by atoms with Crippen LogP contribution in [0.15, 0.2) is 24.3 Å². The summed E-state index contributed by atoms with van der Waals surface area (Å²) < 4.78 is 5.21. The molecule has 1 aromatic carbocycles. The fraction of sp³-hybridized carbons (Fsp3) is 0.667. The maximum Gasteiger partial charge on any atom is 0.118 e. The second-order valence-electron chi connectivity index (χ2n) is 5.54. The van der Waals surface area contributed by atoms with E-state index in [0.29, 0.717) is 0 Å². The summed E-state index contributed by atoms with van der Waals surface area (Å²) >= 11 is 0. The van der Waals surface area contributed by atoms with Crippen molar-refractivity contribution in [2.45, 2.75) is 58.9 Å². The molecule has 1 rings (SSSR count). The van der Waals surface area contributed by atoms with Crippen molar-refractivity contribution in [1.29, 1.82) is 0 Å². The normalized spacial score (nSPS) is 11.0.